The molecule has 0 spiro atoms. The molecule has 190 valence electrons. The van der Waals surface area contributed by atoms with Crippen LogP contribution in [-0.2, 0) is 31.9 Å². The average Bonchev–Trinajstić information content (AvgIpc) is 3.01. The van der Waals surface area contributed by atoms with Crippen LogP contribution >= 0.6 is 0 Å². The van der Waals surface area contributed by atoms with E-state index in [4.69, 9.17) is 9.47 Å². The number of hydrogen-bond donors (Lipinski definition) is 0. The van der Waals surface area contributed by atoms with Crippen molar-refractivity contribution < 1.29 is 19.1 Å². The number of carbonyl (C=O) groups excluding carboxylic acids is 2. The molecule has 1 aromatic rings. The Labute approximate surface area is 210 Å². The fraction of sp³-hybridized carbons (Fsp3) is 0.517. The Hall–Kier alpha value is -2.86. The van der Waals surface area contributed by atoms with Crippen LogP contribution in [0.25, 0.3) is 0 Å². The van der Waals surface area contributed by atoms with E-state index in [0.29, 0.717) is 19.4 Å². The van der Waals surface area contributed by atoms with Gasteiger partial charge in [-0.15, -0.1) is 0 Å². The van der Waals surface area contributed by atoms with E-state index in [2.05, 4.69) is 36.1 Å². The summed E-state index contributed by atoms with van der Waals surface area (Å²) >= 11 is 0. The van der Waals surface area contributed by atoms with Crippen LogP contribution in [-0.4, -0.2) is 63.0 Å². The molecule has 1 aliphatic heterocycles. The van der Waals surface area contributed by atoms with Crippen LogP contribution in [0.4, 0.5) is 0 Å². The summed E-state index contributed by atoms with van der Waals surface area (Å²) in [4.78, 5) is 28.2. The van der Waals surface area contributed by atoms with Gasteiger partial charge >= 0.3 is 0 Å². The molecule has 0 radical (unpaired) electrons. The fourth-order valence-corrected chi connectivity index (χ4v) is 4.84. The number of ether oxygens (including phenoxy) is 2. The first-order valence-electron chi connectivity index (χ1n) is 12.4. The molecular weight excluding hydrogens is 440 g/mol. The summed E-state index contributed by atoms with van der Waals surface area (Å²) < 4.78 is 10.6. The number of benzene rings is 1. The van der Waals surface area contributed by atoms with Gasteiger partial charge in [-0.25, -0.2) is 0 Å². The van der Waals surface area contributed by atoms with E-state index in [0.717, 1.165) is 47.9 Å². The summed E-state index contributed by atoms with van der Waals surface area (Å²) in [5.74, 6) is 2.30. The molecule has 1 aromatic carbocycles. The molecule has 0 N–H and O–H groups in total. The first-order chi connectivity index (χ1) is 16.6. The monoisotopic (exact) mass is 480 g/mol. The molecule has 0 saturated heterocycles. The van der Waals surface area contributed by atoms with Gasteiger partial charge in [-0.2, -0.15) is 0 Å². The molecule has 4 rings (SSSR count). The van der Waals surface area contributed by atoms with Gasteiger partial charge in [0.2, 0.25) is 11.8 Å². The predicted molar refractivity (Wildman–Crippen MR) is 139 cm³/mol. The molecule has 0 aromatic heterocycles. The Balaban J connectivity index is 0.000000211. The van der Waals surface area contributed by atoms with Gasteiger partial charge in [-0.3, -0.25) is 14.5 Å². The zero-order valence-corrected chi connectivity index (χ0v) is 22.4. The number of amides is 2. The predicted octanol–water partition coefficient (Wildman–Crippen LogP) is 4.50. The van der Waals surface area contributed by atoms with Crippen molar-refractivity contribution in [2.75, 3.05) is 41.4 Å². The van der Waals surface area contributed by atoms with Crippen LogP contribution in [0.3, 0.4) is 0 Å². The number of nitrogens with zero attached hydrogens (tertiary/aromatic N) is 2. The zero-order valence-electron chi connectivity index (χ0n) is 22.4. The second kappa shape index (κ2) is 11.7. The summed E-state index contributed by atoms with van der Waals surface area (Å²) in [6.45, 7) is 7.75. The third kappa shape index (κ3) is 6.43. The molecule has 3 aliphatic rings. The lowest BCUT2D eigenvalue weighted by atomic mass is 9.77. The summed E-state index contributed by atoms with van der Waals surface area (Å²) in [5.41, 5.74) is 7.33. The fourth-order valence-electron chi connectivity index (χ4n) is 4.84. The van der Waals surface area contributed by atoms with E-state index >= 15 is 0 Å². The number of allylic oxidation sites excluding steroid dienone is 4. The summed E-state index contributed by atoms with van der Waals surface area (Å²) in [6, 6.07) is 4.11. The lowest BCUT2D eigenvalue weighted by molar-refractivity contribution is -0.143. The van der Waals surface area contributed by atoms with Crippen LogP contribution in [0.15, 0.2) is 46.9 Å². The maximum absolute atomic E-state index is 12.4. The molecule has 35 heavy (non-hydrogen) atoms. The van der Waals surface area contributed by atoms with E-state index in [1.54, 1.807) is 14.2 Å². The molecule has 0 bridgehead atoms. The Morgan fingerprint density at radius 1 is 0.971 bits per heavy atom. The topological polar surface area (TPSA) is 59.1 Å². The van der Waals surface area contributed by atoms with Crippen molar-refractivity contribution in [1.82, 2.24) is 9.80 Å². The van der Waals surface area contributed by atoms with Crippen molar-refractivity contribution in [3.63, 3.8) is 0 Å². The maximum Gasteiger partial charge on any atom is 0.233 e. The highest BCUT2D eigenvalue weighted by Gasteiger charge is 2.28. The smallest absolute Gasteiger partial charge is 0.233 e. The quantitative estimate of drug-likeness (QED) is 0.562. The van der Waals surface area contributed by atoms with Crippen molar-refractivity contribution in [1.29, 1.82) is 0 Å². The Morgan fingerprint density at radius 3 is 2.03 bits per heavy atom. The highest BCUT2D eigenvalue weighted by molar-refractivity contribution is 5.99. The van der Waals surface area contributed by atoms with Crippen molar-refractivity contribution in [3.05, 3.63) is 69.2 Å². The SMILES string of the molecule is COC1=CCC2=C(C=C1OC)CC2C.Cc1cc2c(cc1C)CC(=O)N(CCCN(C)C)C(=O)C2. The number of carbonyl (C=O) groups is 2. The standard InChI is InChI=1S/C17H24N2O2.C12H16O2/c1-12-8-14-10-16(20)19(7-5-6-18(3)4)17(21)11-15(14)9-13(12)2;1-8-6-9-7-12(14-3)11(13-2)5-4-10(8)9/h8-9H,5-7,10-11H2,1-4H3;5,7-8H,4,6H2,1-3H3. The van der Waals surface area contributed by atoms with Crippen LogP contribution in [0, 0.1) is 19.8 Å². The van der Waals surface area contributed by atoms with Crippen molar-refractivity contribution in [2.24, 2.45) is 5.92 Å². The molecule has 1 heterocycles. The largest absolute Gasteiger partial charge is 0.493 e. The van der Waals surface area contributed by atoms with Gasteiger partial charge in [0.1, 0.15) is 0 Å². The number of fused-ring (bicyclic) bond motifs is 1. The second-order valence-electron chi connectivity index (χ2n) is 10.00. The zero-order chi connectivity index (χ0) is 25.7. The highest BCUT2D eigenvalue weighted by atomic mass is 16.5. The number of hydrogen-bond acceptors (Lipinski definition) is 5. The molecule has 0 fully saturated rings. The van der Waals surface area contributed by atoms with Gasteiger partial charge in [-0.1, -0.05) is 24.6 Å². The highest BCUT2D eigenvalue weighted by Crippen LogP contribution is 2.40. The van der Waals surface area contributed by atoms with Crippen LogP contribution < -0.4 is 0 Å². The maximum atomic E-state index is 12.4. The normalized spacial score (nSPS) is 19.4. The molecule has 2 amide bonds. The molecule has 0 saturated carbocycles. The van der Waals surface area contributed by atoms with Crippen molar-refractivity contribution >= 4 is 11.8 Å². The van der Waals surface area contributed by atoms with Gasteiger partial charge in [0.05, 0.1) is 27.1 Å². The van der Waals surface area contributed by atoms with Gasteiger partial charge in [0.15, 0.2) is 11.5 Å². The Bertz CT molecular complexity index is 1020. The second-order valence-corrected chi connectivity index (χ2v) is 10.00. The van der Waals surface area contributed by atoms with Gasteiger partial charge in [0.25, 0.3) is 0 Å². The van der Waals surface area contributed by atoms with E-state index in [-0.39, 0.29) is 11.8 Å². The molecular formula is C29H40N2O4. The van der Waals surface area contributed by atoms with E-state index < -0.39 is 0 Å². The van der Waals surface area contributed by atoms with Gasteiger partial charge in [-0.05, 0) is 99.6 Å². The molecule has 1 atom stereocenters. The van der Waals surface area contributed by atoms with E-state index in [9.17, 15) is 9.59 Å². The molecule has 1 unspecified atom stereocenters. The first-order valence-corrected chi connectivity index (χ1v) is 12.4. The first kappa shape index (κ1) is 26.7. The Morgan fingerprint density at radius 2 is 1.54 bits per heavy atom. The summed E-state index contributed by atoms with van der Waals surface area (Å²) in [5, 5.41) is 0. The third-order valence-corrected chi connectivity index (χ3v) is 7.12. The van der Waals surface area contributed by atoms with Crippen molar-refractivity contribution in [2.45, 2.75) is 52.9 Å². The van der Waals surface area contributed by atoms with Gasteiger partial charge in [0, 0.05) is 6.54 Å². The molecule has 2 aliphatic carbocycles. The number of aryl methyl sites for hydroxylation is 2. The summed E-state index contributed by atoms with van der Waals surface area (Å²) in [7, 11) is 7.36. The van der Waals surface area contributed by atoms with E-state index in [1.807, 2.05) is 27.9 Å². The van der Waals surface area contributed by atoms with Gasteiger partial charge < -0.3 is 14.4 Å². The van der Waals surface area contributed by atoms with Crippen molar-refractivity contribution in [3.8, 4) is 0 Å². The lowest BCUT2D eigenvalue weighted by Crippen LogP contribution is -2.38. The third-order valence-electron chi connectivity index (χ3n) is 7.12. The van der Waals surface area contributed by atoms with Crippen LogP contribution in [0.1, 0.15) is 48.4 Å². The molecule has 6 nitrogen and oxygen atoms in total. The average molecular weight is 481 g/mol. The number of imide groups is 1. The number of rotatable bonds is 6. The Kier molecular flexibility index (Phi) is 8.95. The number of methoxy groups -OCH3 is 2. The minimum atomic E-state index is -0.0687. The summed E-state index contributed by atoms with van der Waals surface area (Å²) in [6.07, 6.45) is 7.88. The minimum absolute atomic E-state index is 0.0687. The van der Waals surface area contributed by atoms with E-state index in [1.165, 1.54) is 33.6 Å². The molecule has 6 heteroatoms. The van der Waals surface area contributed by atoms with Crippen LogP contribution in [0.2, 0.25) is 0 Å². The lowest BCUT2D eigenvalue weighted by Gasteiger charge is -2.28. The minimum Gasteiger partial charge on any atom is -0.493 e. The van der Waals surface area contributed by atoms with Crippen LogP contribution in [0.5, 0.6) is 0 Å².